The molecule has 0 saturated heterocycles. The van der Waals surface area contributed by atoms with Gasteiger partial charge in [0, 0.05) is 6.42 Å². The minimum atomic E-state index is -4.31. The molecule has 0 saturated carbocycles. The number of carbonyl (C=O) groups is 1. The Hall–Kier alpha value is -3.62. The van der Waals surface area contributed by atoms with Crippen LogP contribution in [0.5, 0.6) is 0 Å². The van der Waals surface area contributed by atoms with Gasteiger partial charge < -0.3 is 19.8 Å². The summed E-state index contributed by atoms with van der Waals surface area (Å²) < 4.78 is 23.3. The lowest BCUT2D eigenvalue weighted by atomic mass is 10.0. The summed E-state index contributed by atoms with van der Waals surface area (Å²) in [6.45, 7) is 4.54. The lowest BCUT2D eigenvalue weighted by Crippen LogP contribution is -2.46. The van der Waals surface area contributed by atoms with Gasteiger partial charge in [-0.05, 0) is 103 Å². The monoisotopic (exact) mass is 934 g/mol. The van der Waals surface area contributed by atoms with Crippen molar-refractivity contribution < 1.29 is 32.9 Å². The van der Waals surface area contributed by atoms with E-state index < -0.39 is 20.0 Å². The normalized spacial score (nSPS) is 15.3. The van der Waals surface area contributed by atoms with Crippen molar-refractivity contribution in [1.29, 1.82) is 0 Å². The molecule has 0 fully saturated rings. The fraction of sp³-hybridized carbons (Fsp3) is 0.561. The molecule has 9 heteroatoms. The van der Waals surface area contributed by atoms with Gasteiger partial charge >= 0.3 is 7.82 Å². The third-order valence-corrected chi connectivity index (χ3v) is 11.1. The summed E-state index contributed by atoms with van der Waals surface area (Å²) in [5.74, 6) is -0.189. The topological polar surface area (TPSA) is 105 Å². The van der Waals surface area contributed by atoms with Crippen LogP contribution >= 0.6 is 7.82 Å². The lowest BCUT2D eigenvalue weighted by Gasteiger charge is -2.26. The first-order chi connectivity index (χ1) is 32.0. The summed E-state index contributed by atoms with van der Waals surface area (Å²) >= 11 is 0. The van der Waals surface area contributed by atoms with E-state index in [2.05, 4.69) is 165 Å². The van der Waals surface area contributed by atoms with Gasteiger partial charge in [0.2, 0.25) is 5.91 Å². The van der Waals surface area contributed by atoms with Gasteiger partial charge in [0.15, 0.2) is 0 Å². The molecule has 0 spiro atoms. The van der Waals surface area contributed by atoms with E-state index in [9.17, 15) is 19.4 Å². The van der Waals surface area contributed by atoms with Gasteiger partial charge in [-0.15, -0.1) is 0 Å². The van der Waals surface area contributed by atoms with E-state index in [-0.39, 0.29) is 19.1 Å². The Morgan fingerprint density at radius 3 is 1.29 bits per heavy atom. The Morgan fingerprint density at radius 2 is 0.909 bits per heavy atom. The van der Waals surface area contributed by atoms with Crippen LogP contribution in [0.15, 0.2) is 146 Å². The summed E-state index contributed by atoms with van der Waals surface area (Å²) in [7, 11) is 1.56. The third kappa shape index (κ3) is 48.3. The number of likely N-dealkylation sites (N-methyl/N-ethyl adjacent to an activating group) is 1. The Bertz CT molecular complexity index is 1570. The van der Waals surface area contributed by atoms with Crippen LogP contribution in [0.25, 0.3) is 0 Å². The van der Waals surface area contributed by atoms with Gasteiger partial charge in [-0.3, -0.25) is 13.8 Å². The molecule has 0 aromatic carbocycles. The maximum atomic E-state index is 12.7. The molecule has 8 nitrogen and oxygen atoms in total. The van der Waals surface area contributed by atoms with Gasteiger partial charge in [0.25, 0.3) is 0 Å². The average Bonchev–Trinajstić information content (AvgIpc) is 3.27. The predicted octanol–water partition coefficient (Wildman–Crippen LogP) is 15.0. The quantitative estimate of drug-likeness (QED) is 0.0243. The fourth-order valence-corrected chi connectivity index (χ4v) is 6.88. The van der Waals surface area contributed by atoms with Crippen molar-refractivity contribution in [2.45, 2.75) is 167 Å². The number of amides is 1. The minimum Gasteiger partial charge on any atom is -0.391 e. The molecule has 372 valence electrons. The molecule has 0 aromatic heterocycles. The van der Waals surface area contributed by atoms with Crippen molar-refractivity contribution in [2.24, 2.45) is 0 Å². The highest BCUT2D eigenvalue weighted by molar-refractivity contribution is 7.47. The summed E-state index contributed by atoms with van der Waals surface area (Å²) in [5.41, 5.74) is 0. The van der Waals surface area contributed by atoms with Gasteiger partial charge in [-0.2, -0.15) is 0 Å². The number of phosphoric acid groups is 1. The van der Waals surface area contributed by atoms with Gasteiger partial charge in [0.05, 0.1) is 39.9 Å². The van der Waals surface area contributed by atoms with Gasteiger partial charge in [0.1, 0.15) is 13.2 Å². The number of rotatable bonds is 43. The molecule has 3 atom stereocenters. The van der Waals surface area contributed by atoms with E-state index >= 15 is 0 Å². The van der Waals surface area contributed by atoms with Crippen molar-refractivity contribution in [1.82, 2.24) is 5.32 Å². The molecule has 0 bridgehead atoms. The minimum absolute atomic E-state index is 0.0595. The van der Waals surface area contributed by atoms with Crippen LogP contribution in [0.3, 0.4) is 0 Å². The fourth-order valence-electron chi connectivity index (χ4n) is 6.14. The molecule has 0 aliphatic rings. The summed E-state index contributed by atoms with van der Waals surface area (Å²) in [4.78, 5) is 22.8. The molecule has 1 amide bonds. The first kappa shape index (κ1) is 62.4. The number of carbonyl (C=O) groups excluding carboxylic acids is 1. The van der Waals surface area contributed by atoms with E-state index in [0.29, 0.717) is 23.9 Å². The molecule has 3 N–H and O–H groups in total. The lowest BCUT2D eigenvalue weighted by molar-refractivity contribution is -0.870. The molecule has 0 aliphatic heterocycles. The number of quaternary nitrogens is 1. The van der Waals surface area contributed by atoms with Crippen LogP contribution in [-0.2, 0) is 18.4 Å². The van der Waals surface area contributed by atoms with Crippen LogP contribution < -0.4 is 5.32 Å². The van der Waals surface area contributed by atoms with Crippen molar-refractivity contribution in [3.8, 4) is 0 Å². The largest absolute Gasteiger partial charge is 0.472 e. The van der Waals surface area contributed by atoms with Crippen LogP contribution in [-0.4, -0.2) is 73.4 Å². The molecule has 0 radical (unpaired) electrons. The van der Waals surface area contributed by atoms with E-state index in [0.717, 1.165) is 128 Å². The number of aliphatic hydroxyl groups is 1. The number of nitrogens with zero attached hydrogens (tertiary/aromatic N) is 1. The maximum absolute atomic E-state index is 12.7. The second-order valence-corrected chi connectivity index (χ2v) is 18.9. The molecule has 0 rings (SSSR count). The summed E-state index contributed by atoms with van der Waals surface area (Å²) in [6, 6.07) is -0.780. The number of unbranched alkanes of at least 4 members (excludes halogenated alkanes) is 6. The van der Waals surface area contributed by atoms with Crippen LogP contribution in [0.2, 0.25) is 0 Å². The van der Waals surface area contributed by atoms with Crippen LogP contribution in [0.1, 0.15) is 155 Å². The van der Waals surface area contributed by atoms with Gasteiger partial charge in [-0.25, -0.2) is 4.57 Å². The second-order valence-electron chi connectivity index (χ2n) is 17.5. The molecule has 3 unspecified atom stereocenters. The molecule has 66 heavy (non-hydrogen) atoms. The SMILES string of the molecule is CC/C=C\C/C=C\C/C=C\C/C=C\C/C=C\C/C=C\C/C=C\C/C=C\C/C=C\C/C=C\C/C=C\C/C=C\CCCCCCC(=O)NC(COP(=O)(O)OCC[N+](C)(C)C)C(O)CCCCC. The number of phosphoric ester groups is 1. The molecule has 0 heterocycles. The van der Waals surface area contributed by atoms with Crippen LogP contribution in [0.4, 0.5) is 0 Å². The highest BCUT2D eigenvalue weighted by Crippen LogP contribution is 2.43. The predicted molar refractivity (Wildman–Crippen MR) is 285 cm³/mol. The zero-order valence-corrected chi connectivity index (χ0v) is 43.0. The van der Waals surface area contributed by atoms with E-state index in [4.69, 9.17) is 9.05 Å². The third-order valence-electron chi connectivity index (χ3n) is 10.1. The molecular formula is C57H94N2O6P+. The number of allylic oxidation sites excluding steroid dienone is 24. The first-order valence-electron chi connectivity index (χ1n) is 25.2. The maximum Gasteiger partial charge on any atom is 0.472 e. The standard InChI is InChI=1S/C57H93N2O6P/c1-6-8-10-11-12-13-14-15-16-17-18-19-20-21-22-23-24-25-26-27-28-29-30-31-32-33-34-35-36-37-38-39-40-41-42-43-44-45-46-47-49-51-57(61)58-55(56(60)50-48-9-7-2)54-65-66(62,63)64-53-52-59(3,4)5/h8,10,12-13,15-16,18-19,21-22,24-25,27-28,30-31,33-34,36-37,39-40,42-43,55-56,60H,6-7,9,11,14,17,20,23,26,29,32,35,38,41,44-54H2,1-5H3,(H-,58,61,62,63)/p+1/b10-8-,13-12-,16-15-,19-18-,22-21-,25-24-,28-27-,31-30-,34-33-,37-36-,40-39-,43-42-. The molecular weight excluding hydrogens is 840 g/mol. The van der Waals surface area contributed by atoms with Gasteiger partial charge in [-0.1, -0.05) is 192 Å². The number of hydrogen-bond donors (Lipinski definition) is 3. The number of nitrogens with one attached hydrogen (secondary N) is 1. The van der Waals surface area contributed by atoms with Crippen molar-refractivity contribution in [3.05, 3.63) is 146 Å². The Morgan fingerprint density at radius 1 is 0.530 bits per heavy atom. The van der Waals surface area contributed by atoms with Crippen LogP contribution in [0, 0.1) is 0 Å². The van der Waals surface area contributed by atoms with Crippen molar-refractivity contribution in [2.75, 3.05) is 40.9 Å². The zero-order valence-electron chi connectivity index (χ0n) is 42.1. The first-order valence-corrected chi connectivity index (χ1v) is 26.7. The Balaban J connectivity index is 3.96. The Labute approximate surface area is 404 Å². The van der Waals surface area contributed by atoms with E-state index in [1.807, 2.05) is 21.1 Å². The molecule has 0 aliphatic carbocycles. The number of aliphatic hydroxyl groups excluding tert-OH is 1. The van der Waals surface area contributed by atoms with E-state index in [1.54, 1.807) is 0 Å². The second kappa shape index (κ2) is 46.5. The number of hydrogen-bond acceptors (Lipinski definition) is 5. The molecule has 0 aromatic rings. The Kier molecular flexibility index (Phi) is 43.9. The van der Waals surface area contributed by atoms with Crippen molar-refractivity contribution in [3.63, 3.8) is 0 Å². The summed E-state index contributed by atoms with van der Waals surface area (Å²) in [6.07, 6.45) is 72.8. The van der Waals surface area contributed by atoms with Crippen molar-refractivity contribution >= 4 is 13.7 Å². The summed E-state index contributed by atoms with van der Waals surface area (Å²) in [5, 5.41) is 13.6. The average molecular weight is 934 g/mol. The smallest absolute Gasteiger partial charge is 0.391 e. The zero-order chi connectivity index (χ0) is 48.5. The highest BCUT2D eigenvalue weighted by Gasteiger charge is 2.28. The highest BCUT2D eigenvalue weighted by atomic mass is 31.2. The van der Waals surface area contributed by atoms with E-state index in [1.165, 1.54) is 0 Å².